The van der Waals surface area contributed by atoms with Crippen LogP contribution in [0.2, 0.25) is 10.0 Å². The van der Waals surface area contributed by atoms with Gasteiger partial charge in [-0.25, -0.2) is 0 Å². The van der Waals surface area contributed by atoms with Crippen LogP contribution in [0.4, 0.5) is 11.4 Å². The predicted octanol–water partition coefficient (Wildman–Crippen LogP) is 3.63. The highest BCUT2D eigenvalue weighted by Gasteiger charge is 2.16. The topological polar surface area (TPSA) is 58.4 Å². The minimum atomic E-state index is -0.143. The highest BCUT2D eigenvalue weighted by Crippen LogP contribution is 2.31. The van der Waals surface area contributed by atoms with Gasteiger partial charge in [0.2, 0.25) is 5.91 Å². The molecule has 1 aromatic carbocycles. The van der Waals surface area contributed by atoms with Gasteiger partial charge in [0, 0.05) is 11.1 Å². The molecule has 0 atom stereocenters. The number of benzene rings is 1. The van der Waals surface area contributed by atoms with Crippen LogP contribution in [0.15, 0.2) is 12.1 Å². The first-order chi connectivity index (χ1) is 9.38. The molecule has 0 bridgehead atoms. The molecule has 0 saturated carbocycles. The van der Waals surface area contributed by atoms with Crippen LogP contribution in [0, 0.1) is 0 Å². The summed E-state index contributed by atoms with van der Waals surface area (Å²) in [5, 5.41) is 3.53. The summed E-state index contributed by atoms with van der Waals surface area (Å²) >= 11 is 11.9. The molecule has 0 fully saturated rings. The van der Waals surface area contributed by atoms with E-state index in [0.717, 1.165) is 12.8 Å². The molecule has 20 heavy (non-hydrogen) atoms. The first-order valence-electron chi connectivity index (χ1n) is 6.63. The number of nitrogens with zero attached hydrogens (tertiary/aromatic N) is 1. The second kappa shape index (κ2) is 7.72. The molecule has 0 aliphatic heterocycles. The summed E-state index contributed by atoms with van der Waals surface area (Å²) in [6.07, 6.45) is 2.01. The molecule has 6 heteroatoms. The summed E-state index contributed by atoms with van der Waals surface area (Å²) in [5.41, 5.74) is 6.59. The van der Waals surface area contributed by atoms with Crippen molar-refractivity contribution < 1.29 is 4.79 Å². The van der Waals surface area contributed by atoms with E-state index in [9.17, 15) is 4.79 Å². The Morgan fingerprint density at radius 3 is 2.45 bits per heavy atom. The fourth-order valence-corrected chi connectivity index (χ4v) is 2.73. The van der Waals surface area contributed by atoms with Crippen LogP contribution < -0.4 is 11.1 Å². The lowest BCUT2D eigenvalue weighted by molar-refractivity contribution is -0.117. The van der Waals surface area contributed by atoms with E-state index in [0.29, 0.717) is 34.0 Å². The zero-order valence-electron chi connectivity index (χ0n) is 12.0. The smallest absolute Gasteiger partial charge is 0.238 e. The van der Waals surface area contributed by atoms with Gasteiger partial charge in [-0.3, -0.25) is 9.69 Å². The SMILES string of the molecule is CCC(CC)N(C)CC(=O)Nc1c(N)cc(Cl)cc1Cl. The van der Waals surface area contributed by atoms with E-state index < -0.39 is 0 Å². The van der Waals surface area contributed by atoms with Gasteiger partial charge >= 0.3 is 0 Å². The number of nitrogen functional groups attached to an aromatic ring is 1. The summed E-state index contributed by atoms with van der Waals surface area (Å²) in [6.45, 7) is 4.51. The van der Waals surface area contributed by atoms with E-state index in [2.05, 4.69) is 19.2 Å². The van der Waals surface area contributed by atoms with Crippen molar-refractivity contribution in [3.63, 3.8) is 0 Å². The van der Waals surface area contributed by atoms with Crippen LogP contribution in [0.5, 0.6) is 0 Å². The molecule has 1 amide bonds. The lowest BCUT2D eigenvalue weighted by Gasteiger charge is -2.25. The van der Waals surface area contributed by atoms with E-state index in [1.165, 1.54) is 0 Å². The van der Waals surface area contributed by atoms with E-state index in [4.69, 9.17) is 28.9 Å². The van der Waals surface area contributed by atoms with E-state index in [1.807, 2.05) is 11.9 Å². The molecule has 0 aliphatic rings. The molecule has 0 spiro atoms. The average Bonchev–Trinajstić information content (AvgIpc) is 2.35. The molecule has 4 nitrogen and oxygen atoms in total. The maximum absolute atomic E-state index is 12.0. The maximum atomic E-state index is 12.0. The normalized spacial score (nSPS) is 11.2. The molecular formula is C14H21Cl2N3O. The highest BCUT2D eigenvalue weighted by molar-refractivity contribution is 6.37. The second-order valence-corrected chi connectivity index (χ2v) is 5.63. The van der Waals surface area contributed by atoms with Crippen molar-refractivity contribution in [1.82, 2.24) is 4.90 Å². The number of carbonyl (C=O) groups excluding carboxylic acids is 1. The van der Waals surface area contributed by atoms with Crippen LogP contribution in [0.25, 0.3) is 0 Å². The highest BCUT2D eigenvalue weighted by atomic mass is 35.5. The number of hydrogen-bond acceptors (Lipinski definition) is 3. The van der Waals surface area contributed by atoms with Crippen molar-refractivity contribution in [2.75, 3.05) is 24.6 Å². The summed E-state index contributed by atoms with van der Waals surface area (Å²) in [5.74, 6) is -0.143. The van der Waals surface area contributed by atoms with Crippen molar-refractivity contribution in [2.45, 2.75) is 32.7 Å². The van der Waals surface area contributed by atoms with Crippen molar-refractivity contribution in [3.8, 4) is 0 Å². The number of halogens is 2. The molecule has 0 heterocycles. The fourth-order valence-electron chi connectivity index (χ4n) is 2.17. The molecule has 0 aliphatic carbocycles. The van der Waals surface area contributed by atoms with Gasteiger partial charge in [-0.2, -0.15) is 0 Å². The maximum Gasteiger partial charge on any atom is 0.238 e. The Labute approximate surface area is 130 Å². The van der Waals surface area contributed by atoms with Gasteiger partial charge < -0.3 is 11.1 Å². The van der Waals surface area contributed by atoms with Gasteiger partial charge in [-0.1, -0.05) is 37.0 Å². The number of nitrogens with two attached hydrogens (primary N) is 1. The first kappa shape index (κ1) is 17.1. The third-order valence-electron chi connectivity index (χ3n) is 3.31. The number of anilines is 2. The lowest BCUT2D eigenvalue weighted by Crippen LogP contribution is -2.37. The van der Waals surface area contributed by atoms with Crippen molar-refractivity contribution in [2.24, 2.45) is 0 Å². The Morgan fingerprint density at radius 2 is 1.95 bits per heavy atom. The zero-order valence-corrected chi connectivity index (χ0v) is 13.6. The van der Waals surface area contributed by atoms with Crippen LogP contribution in [-0.4, -0.2) is 30.4 Å². The molecule has 1 aromatic rings. The average molecular weight is 318 g/mol. The molecule has 1 rings (SSSR count). The van der Waals surface area contributed by atoms with Gasteiger partial charge in [-0.05, 0) is 32.0 Å². The molecule has 0 unspecified atom stereocenters. The summed E-state index contributed by atoms with van der Waals surface area (Å²) in [4.78, 5) is 14.1. The van der Waals surface area contributed by atoms with E-state index in [-0.39, 0.29) is 5.91 Å². The molecule has 0 saturated heterocycles. The van der Waals surface area contributed by atoms with Crippen LogP contribution in [0.1, 0.15) is 26.7 Å². The third-order valence-corrected chi connectivity index (χ3v) is 3.83. The van der Waals surface area contributed by atoms with E-state index in [1.54, 1.807) is 12.1 Å². The Bertz CT molecular complexity index is 452. The number of amides is 1. The molecule has 0 aromatic heterocycles. The van der Waals surface area contributed by atoms with Crippen molar-refractivity contribution in [1.29, 1.82) is 0 Å². The lowest BCUT2D eigenvalue weighted by atomic mass is 10.1. The Kier molecular flexibility index (Phi) is 6.59. The Hall–Kier alpha value is -0.970. The first-order valence-corrected chi connectivity index (χ1v) is 7.39. The quantitative estimate of drug-likeness (QED) is 0.787. The van der Waals surface area contributed by atoms with Crippen LogP contribution in [-0.2, 0) is 4.79 Å². The third kappa shape index (κ3) is 4.54. The summed E-state index contributed by atoms with van der Waals surface area (Å²) in [6, 6.07) is 3.51. The fraction of sp³-hybridized carbons (Fsp3) is 0.500. The van der Waals surface area contributed by atoms with E-state index >= 15 is 0 Å². The van der Waals surface area contributed by atoms with Gasteiger partial charge in [-0.15, -0.1) is 0 Å². The largest absolute Gasteiger partial charge is 0.397 e. The predicted molar refractivity (Wildman–Crippen MR) is 86.5 cm³/mol. The summed E-state index contributed by atoms with van der Waals surface area (Å²) in [7, 11) is 1.93. The molecular weight excluding hydrogens is 297 g/mol. The minimum absolute atomic E-state index is 0.143. The van der Waals surface area contributed by atoms with Gasteiger partial charge in [0.05, 0.1) is 22.9 Å². The Balaban J connectivity index is 2.72. The van der Waals surface area contributed by atoms with Gasteiger partial charge in [0.1, 0.15) is 0 Å². The van der Waals surface area contributed by atoms with Crippen molar-refractivity contribution in [3.05, 3.63) is 22.2 Å². The van der Waals surface area contributed by atoms with Gasteiger partial charge in [0.25, 0.3) is 0 Å². The monoisotopic (exact) mass is 317 g/mol. The molecule has 0 radical (unpaired) electrons. The van der Waals surface area contributed by atoms with Crippen molar-refractivity contribution >= 4 is 40.5 Å². The van der Waals surface area contributed by atoms with Gasteiger partial charge in [0.15, 0.2) is 0 Å². The number of carbonyl (C=O) groups is 1. The second-order valence-electron chi connectivity index (χ2n) is 4.79. The zero-order chi connectivity index (χ0) is 15.3. The minimum Gasteiger partial charge on any atom is -0.397 e. The Morgan fingerprint density at radius 1 is 1.35 bits per heavy atom. The number of likely N-dealkylation sites (N-methyl/N-ethyl adjacent to an activating group) is 1. The summed E-state index contributed by atoms with van der Waals surface area (Å²) < 4.78 is 0. The molecule has 112 valence electrons. The standard InChI is InChI=1S/C14H21Cl2N3O/c1-4-10(5-2)19(3)8-13(20)18-14-11(16)6-9(15)7-12(14)17/h6-7,10H,4-5,8,17H2,1-3H3,(H,18,20). The number of hydrogen-bond donors (Lipinski definition) is 2. The number of nitrogens with one attached hydrogen (secondary N) is 1. The number of rotatable bonds is 6. The molecule has 3 N–H and O–H groups in total. The van der Waals surface area contributed by atoms with Crippen LogP contribution >= 0.6 is 23.2 Å². The van der Waals surface area contributed by atoms with Crippen LogP contribution in [0.3, 0.4) is 0 Å².